The molecule has 2 N–H and O–H groups in total. The van der Waals surface area contributed by atoms with Crippen molar-refractivity contribution < 1.29 is 0 Å². The third-order valence-corrected chi connectivity index (χ3v) is 2.97. The molecule has 0 amide bonds. The molecule has 1 aliphatic rings. The molecule has 1 aliphatic heterocycles. The predicted molar refractivity (Wildman–Crippen MR) is 66.5 cm³/mol. The molecule has 78 valence electrons. The molecule has 0 unspecified atom stereocenters. The number of hydrogen-bond donors (Lipinski definition) is 1. The van der Waals surface area contributed by atoms with E-state index in [0.29, 0.717) is 10.9 Å². The normalized spacial score (nSPS) is 15.9. The number of halogens is 2. The fraction of sp³-hybridized carbons (Fsp3) is 0.200. The molecule has 0 saturated carbocycles. The molecule has 1 heterocycles. The fourth-order valence-corrected chi connectivity index (χ4v) is 2.17. The molecular weight excluding hydrogens is 277 g/mol. The molecule has 0 saturated heterocycles. The van der Waals surface area contributed by atoms with Gasteiger partial charge < -0.3 is 5.73 Å². The number of hydrogen-bond acceptors (Lipinski definition) is 3. The van der Waals surface area contributed by atoms with Crippen LogP contribution in [-0.4, -0.2) is 11.5 Å². The Kier molecular flexibility index (Phi) is 3.07. The summed E-state index contributed by atoms with van der Waals surface area (Å²) in [6.07, 6.45) is 1.53. The highest BCUT2D eigenvalue weighted by molar-refractivity contribution is 9.10. The Bertz CT molecular complexity index is 454. The standard InChI is InChI=1S/C10H9BrClN3/c11-6-1-2-7(8(12)5-6)9-3-4-10(13)15-14-9/h1-2,5H,3-4H2,(H2,13,15). The summed E-state index contributed by atoms with van der Waals surface area (Å²) >= 11 is 9.47. The van der Waals surface area contributed by atoms with Crippen LogP contribution in [0, 0.1) is 0 Å². The SMILES string of the molecule is NC1=NN=C(c2ccc(Br)cc2Cl)CC1. The van der Waals surface area contributed by atoms with E-state index in [-0.39, 0.29) is 0 Å². The molecule has 3 nitrogen and oxygen atoms in total. The van der Waals surface area contributed by atoms with Gasteiger partial charge in [0.1, 0.15) is 5.84 Å². The van der Waals surface area contributed by atoms with Gasteiger partial charge >= 0.3 is 0 Å². The lowest BCUT2D eigenvalue weighted by molar-refractivity contribution is 1.02. The fourth-order valence-electron chi connectivity index (χ4n) is 1.38. The predicted octanol–water partition coefficient (Wildman–Crippen LogP) is 2.96. The van der Waals surface area contributed by atoms with Crippen LogP contribution in [0.15, 0.2) is 32.9 Å². The molecule has 5 heteroatoms. The summed E-state index contributed by atoms with van der Waals surface area (Å²) in [5.74, 6) is 0.576. The van der Waals surface area contributed by atoms with Crippen LogP contribution in [0.4, 0.5) is 0 Å². The van der Waals surface area contributed by atoms with E-state index in [2.05, 4.69) is 26.1 Å². The minimum Gasteiger partial charge on any atom is -0.386 e. The second kappa shape index (κ2) is 4.33. The third kappa shape index (κ3) is 2.38. The van der Waals surface area contributed by atoms with Gasteiger partial charge in [0.25, 0.3) is 0 Å². The van der Waals surface area contributed by atoms with E-state index in [1.54, 1.807) is 0 Å². The molecule has 15 heavy (non-hydrogen) atoms. The van der Waals surface area contributed by atoms with E-state index < -0.39 is 0 Å². The highest BCUT2D eigenvalue weighted by Crippen LogP contribution is 2.24. The minimum absolute atomic E-state index is 0.576. The molecule has 0 spiro atoms. The Hall–Kier alpha value is -0.870. The minimum atomic E-state index is 0.576. The summed E-state index contributed by atoms with van der Waals surface area (Å²) in [5, 5.41) is 8.59. The summed E-state index contributed by atoms with van der Waals surface area (Å²) in [6, 6.07) is 5.72. The van der Waals surface area contributed by atoms with Gasteiger partial charge in [0, 0.05) is 16.5 Å². The number of amidine groups is 1. The monoisotopic (exact) mass is 285 g/mol. The Morgan fingerprint density at radius 2 is 2.07 bits per heavy atom. The van der Waals surface area contributed by atoms with Crippen LogP contribution in [0.25, 0.3) is 0 Å². The average molecular weight is 287 g/mol. The number of rotatable bonds is 1. The van der Waals surface area contributed by atoms with Crippen molar-refractivity contribution in [3.8, 4) is 0 Å². The highest BCUT2D eigenvalue weighted by atomic mass is 79.9. The van der Waals surface area contributed by atoms with E-state index in [9.17, 15) is 0 Å². The maximum Gasteiger partial charge on any atom is 0.122 e. The Morgan fingerprint density at radius 1 is 1.27 bits per heavy atom. The van der Waals surface area contributed by atoms with Gasteiger partial charge in [0.05, 0.1) is 10.7 Å². The van der Waals surface area contributed by atoms with Crippen molar-refractivity contribution in [3.63, 3.8) is 0 Å². The summed E-state index contributed by atoms with van der Waals surface area (Å²) in [7, 11) is 0. The molecule has 1 aromatic rings. The van der Waals surface area contributed by atoms with Crippen LogP contribution in [-0.2, 0) is 0 Å². The summed E-state index contributed by atoms with van der Waals surface area (Å²) < 4.78 is 0.954. The maximum absolute atomic E-state index is 6.11. The van der Waals surface area contributed by atoms with Crippen LogP contribution in [0.3, 0.4) is 0 Å². The first-order chi connectivity index (χ1) is 7.16. The average Bonchev–Trinajstić information content (AvgIpc) is 2.20. The largest absolute Gasteiger partial charge is 0.386 e. The van der Waals surface area contributed by atoms with Gasteiger partial charge in [-0.1, -0.05) is 33.6 Å². The molecule has 0 aliphatic carbocycles. The van der Waals surface area contributed by atoms with Gasteiger partial charge in [-0.25, -0.2) is 0 Å². The third-order valence-electron chi connectivity index (χ3n) is 2.16. The van der Waals surface area contributed by atoms with Crippen molar-refractivity contribution in [2.24, 2.45) is 15.9 Å². The van der Waals surface area contributed by atoms with Crippen molar-refractivity contribution in [2.45, 2.75) is 12.8 Å². The molecule has 1 aromatic carbocycles. The van der Waals surface area contributed by atoms with E-state index >= 15 is 0 Å². The quantitative estimate of drug-likeness (QED) is 0.848. The highest BCUT2D eigenvalue weighted by Gasteiger charge is 2.12. The second-order valence-corrected chi connectivity index (χ2v) is 4.59. The maximum atomic E-state index is 6.11. The molecule has 0 atom stereocenters. The first-order valence-corrected chi connectivity index (χ1v) is 5.68. The van der Waals surface area contributed by atoms with Gasteiger partial charge in [-0.05, 0) is 18.6 Å². The van der Waals surface area contributed by atoms with Gasteiger partial charge in [-0.15, -0.1) is 5.10 Å². The van der Waals surface area contributed by atoms with Crippen molar-refractivity contribution in [2.75, 3.05) is 0 Å². The first-order valence-electron chi connectivity index (χ1n) is 4.51. The zero-order valence-electron chi connectivity index (χ0n) is 7.87. The van der Waals surface area contributed by atoms with Gasteiger partial charge in [-0.3, -0.25) is 0 Å². The van der Waals surface area contributed by atoms with Gasteiger partial charge in [0.15, 0.2) is 0 Å². The zero-order chi connectivity index (χ0) is 10.8. The van der Waals surface area contributed by atoms with Crippen molar-refractivity contribution in [1.82, 2.24) is 0 Å². The van der Waals surface area contributed by atoms with Gasteiger partial charge in [-0.2, -0.15) is 5.10 Å². The van der Waals surface area contributed by atoms with Crippen LogP contribution in [0.1, 0.15) is 18.4 Å². The number of nitrogens with two attached hydrogens (primary N) is 1. The molecule has 0 fully saturated rings. The van der Waals surface area contributed by atoms with E-state index in [0.717, 1.165) is 28.6 Å². The summed E-state index contributed by atoms with van der Waals surface area (Å²) in [5.41, 5.74) is 7.36. The molecule has 2 rings (SSSR count). The lowest BCUT2D eigenvalue weighted by Crippen LogP contribution is -2.17. The van der Waals surface area contributed by atoms with Crippen molar-refractivity contribution >= 4 is 39.1 Å². The van der Waals surface area contributed by atoms with Crippen LogP contribution < -0.4 is 5.73 Å². The smallest absolute Gasteiger partial charge is 0.122 e. The van der Waals surface area contributed by atoms with E-state index in [1.165, 1.54) is 0 Å². The van der Waals surface area contributed by atoms with Crippen LogP contribution in [0.2, 0.25) is 5.02 Å². The number of benzene rings is 1. The van der Waals surface area contributed by atoms with Crippen LogP contribution in [0.5, 0.6) is 0 Å². The van der Waals surface area contributed by atoms with Crippen molar-refractivity contribution in [3.05, 3.63) is 33.3 Å². The van der Waals surface area contributed by atoms with Crippen molar-refractivity contribution in [1.29, 1.82) is 0 Å². The second-order valence-electron chi connectivity index (χ2n) is 3.26. The molecule has 0 radical (unpaired) electrons. The lowest BCUT2D eigenvalue weighted by Gasteiger charge is -2.10. The van der Waals surface area contributed by atoms with Gasteiger partial charge in [0.2, 0.25) is 0 Å². The Labute approximate surface area is 101 Å². The Morgan fingerprint density at radius 3 is 2.67 bits per heavy atom. The zero-order valence-corrected chi connectivity index (χ0v) is 10.2. The lowest BCUT2D eigenvalue weighted by atomic mass is 10.0. The topological polar surface area (TPSA) is 50.7 Å². The molecular formula is C10H9BrClN3. The summed E-state index contributed by atoms with van der Waals surface area (Å²) in [4.78, 5) is 0. The van der Waals surface area contributed by atoms with Crippen LogP contribution >= 0.6 is 27.5 Å². The number of nitrogens with zero attached hydrogens (tertiary/aromatic N) is 2. The van der Waals surface area contributed by atoms with E-state index in [1.807, 2.05) is 18.2 Å². The van der Waals surface area contributed by atoms with E-state index in [4.69, 9.17) is 17.3 Å². The molecule has 0 bridgehead atoms. The summed E-state index contributed by atoms with van der Waals surface area (Å²) in [6.45, 7) is 0. The Balaban J connectivity index is 2.38. The first kappa shape index (κ1) is 10.6. The molecule has 0 aromatic heterocycles.